The Balaban J connectivity index is 1.28. The molecule has 1 aliphatic heterocycles. The zero-order valence-electron chi connectivity index (χ0n) is 18.0. The number of rotatable bonds is 9. The monoisotopic (exact) mass is 498 g/mol. The number of carbonyl (C=O) groups is 4. The number of ketones is 1. The molecule has 0 atom stereocenters. The fraction of sp³-hybridized carbons (Fsp3) is 0.217. The van der Waals surface area contributed by atoms with Crippen molar-refractivity contribution in [3.05, 3.63) is 69.2 Å². The van der Waals surface area contributed by atoms with Crippen molar-refractivity contribution in [2.24, 2.45) is 0 Å². The quantitative estimate of drug-likeness (QED) is 0.353. The van der Waals surface area contributed by atoms with Gasteiger partial charge >= 0.3 is 0 Å². The van der Waals surface area contributed by atoms with Gasteiger partial charge in [0.05, 0.1) is 23.8 Å². The van der Waals surface area contributed by atoms with Crippen molar-refractivity contribution in [2.45, 2.75) is 19.3 Å². The highest BCUT2D eigenvalue weighted by Crippen LogP contribution is 2.25. The molecule has 11 heteroatoms. The van der Waals surface area contributed by atoms with Crippen LogP contribution in [0.25, 0.3) is 0 Å². The van der Waals surface area contributed by atoms with Gasteiger partial charge in [0.25, 0.3) is 11.8 Å². The van der Waals surface area contributed by atoms with Gasteiger partial charge in [0, 0.05) is 30.8 Å². The molecule has 0 fully saturated rings. The van der Waals surface area contributed by atoms with E-state index in [1.807, 2.05) is 0 Å². The Morgan fingerprint density at radius 3 is 2.44 bits per heavy atom. The average Bonchev–Trinajstić information content (AvgIpc) is 3.38. The number of amides is 3. The molecule has 9 nitrogen and oxygen atoms in total. The molecule has 0 saturated heterocycles. The van der Waals surface area contributed by atoms with E-state index in [0.717, 1.165) is 11.3 Å². The van der Waals surface area contributed by atoms with Crippen molar-refractivity contribution < 1.29 is 23.9 Å². The highest BCUT2D eigenvalue weighted by molar-refractivity contribution is 7.15. The van der Waals surface area contributed by atoms with Gasteiger partial charge in [0.2, 0.25) is 11.0 Å². The third-order valence-electron chi connectivity index (χ3n) is 5.18. The topological polar surface area (TPSA) is 119 Å². The lowest BCUT2D eigenvalue weighted by atomic mass is 10.1. The molecular weight excluding hydrogens is 480 g/mol. The third kappa shape index (κ3) is 4.97. The minimum absolute atomic E-state index is 0.0338. The number of ether oxygens (including phenoxy) is 1. The van der Waals surface area contributed by atoms with Gasteiger partial charge < -0.3 is 10.1 Å². The van der Waals surface area contributed by atoms with E-state index >= 15 is 0 Å². The summed E-state index contributed by atoms with van der Waals surface area (Å²) in [7, 11) is 1.45. The van der Waals surface area contributed by atoms with Crippen LogP contribution in [0.5, 0.6) is 5.75 Å². The number of Topliss-reactive ketones (excluding diaryl/α,β-unsaturated/α-hetero) is 1. The third-order valence-corrected chi connectivity index (χ3v) is 6.32. The number of hydrogen-bond acceptors (Lipinski definition) is 8. The van der Waals surface area contributed by atoms with Crippen LogP contribution in [0.2, 0.25) is 5.02 Å². The molecule has 0 aliphatic carbocycles. The maximum absolute atomic E-state index is 12.5. The number of benzene rings is 2. The Hall–Kier alpha value is -3.63. The fourth-order valence-corrected chi connectivity index (χ4v) is 4.41. The fourth-order valence-electron chi connectivity index (χ4n) is 3.50. The van der Waals surface area contributed by atoms with Crippen molar-refractivity contribution in [3.63, 3.8) is 0 Å². The molecule has 34 heavy (non-hydrogen) atoms. The summed E-state index contributed by atoms with van der Waals surface area (Å²) in [4.78, 5) is 50.8. The van der Waals surface area contributed by atoms with E-state index in [9.17, 15) is 19.2 Å². The van der Waals surface area contributed by atoms with Crippen LogP contribution >= 0.6 is 22.9 Å². The molecular formula is C23H19ClN4O5S. The number of methoxy groups -OCH3 is 1. The van der Waals surface area contributed by atoms with Crippen molar-refractivity contribution in [2.75, 3.05) is 19.0 Å². The van der Waals surface area contributed by atoms with E-state index in [2.05, 4.69) is 15.5 Å². The molecule has 2 heterocycles. The molecule has 174 valence electrons. The number of aromatic nitrogens is 2. The second-order valence-corrected chi connectivity index (χ2v) is 8.87. The molecule has 3 amide bonds. The molecule has 1 aromatic heterocycles. The van der Waals surface area contributed by atoms with Crippen molar-refractivity contribution in [1.29, 1.82) is 0 Å². The summed E-state index contributed by atoms with van der Waals surface area (Å²) in [5.74, 6) is -0.938. The number of anilines is 1. The number of nitrogens with one attached hydrogen (secondary N) is 1. The Morgan fingerprint density at radius 1 is 1.06 bits per heavy atom. The lowest BCUT2D eigenvalue weighted by Gasteiger charge is -2.12. The minimum atomic E-state index is -0.391. The molecule has 2 aromatic carbocycles. The van der Waals surface area contributed by atoms with Crippen LogP contribution in [-0.2, 0) is 11.2 Å². The number of halogens is 1. The van der Waals surface area contributed by atoms with Gasteiger partial charge in [-0.2, -0.15) is 0 Å². The number of hydrogen-bond donors (Lipinski definition) is 1. The van der Waals surface area contributed by atoms with E-state index in [1.165, 1.54) is 18.1 Å². The summed E-state index contributed by atoms with van der Waals surface area (Å²) < 4.78 is 5.18. The van der Waals surface area contributed by atoms with Gasteiger partial charge in [-0.15, -0.1) is 10.2 Å². The van der Waals surface area contributed by atoms with E-state index < -0.39 is 5.91 Å². The lowest BCUT2D eigenvalue weighted by molar-refractivity contribution is -0.116. The zero-order chi connectivity index (χ0) is 24.2. The number of nitrogens with zero attached hydrogens (tertiary/aromatic N) is 3. The standard InChI is InChI=1S/C23H19ClN4O5S/c1-33-18-8-6-13(24)12-16(18)17(29)7-9-19(30)25-23-27-26-20(34-23)10-11-28-21(31)14-4-2-3-5-15(14)22(28)32/h2-6,8,12H,7,9-11H2,1H3,(H,25,27,30). The Bertz CT molecular complexity index is 1260. The second kappa shape index (κ2) is 10.1. The van der Waals surface area contributed by atoms with Gasteiger partial charge in [-0.3, -0.25) is 24.1 Å². The number of carbonyl (C=O) groups excluding carboxylic acids is 4. The highest BCUT2D eigenvalue weighted by Gasteiger charge is 2.34. The number of fused-ring (bicyclic) bond motifs is 1. The first kappa shape index (κ1) is 23.5. The molecule has 0 unspecified atom stereocenters. The Morgan fingerprint density at radius 2 is 1.76 bits per heavy atom. The molecule has 3 aromatic rings. The summed E-state index contributed by atoms with van der Waals surface area (Å²) in [5, 5.41) is 11.8. The van der Waals surface area contributed by atoms with Crippen molar-refractivity contribution in [3.8, 4) is 5.75 Å². The number of imide groups is 1. The maximum atomic E-state index is 12.5. The molecule has 0 spiro atoms. The van der Waals surface area contributed by atoms with Crippen LogP contribution in [0.3, 0.4) is 0 Å². The first-order valence-corrected chi connectivity index (χ1v) is 11.5. The normalized spacial score (nSPS) is 12.6. The van der Waals surface area contributed by atoms with Crippen LogP contribution in [0.4, 0.5) is 5.13 Å². The predicted molar refractivity (Wildman–Crippen MR) is 126 cm³/mol. The summed E-state index contributed by atoms with van der Waals surface area (Å²) in [6.45, 7) is 0.158. The molecule has 0 bridgehead atoms. The highest BCUT2D eigenvalue weighted by atomic mass is 35.5. The molecule has 0 saturated carbocycles. The van der Waals surface area contributed by atoms with Crippen molar-refractivity contribution >= 4 is 51.6 Å². The van der Waals surface area contributed by atoms with E-state index in [4.69, 9.17) is 16.3 Å². The zero-order valence-corrected chi connectivity index (χ0v) is 19.6. The van der Waals surface area contributed by atoms with Crippen molar-refractivity contribution in [1.82, 2.24) is 15.1 Å². The van der Waals surface area contributed by atoms with Crippen LogP contribution in [-0.4, -0.2) is 52.3 Å². The summed E-state index contributed by atoms with van der Waals surface area (Å²) in [6, 6.07) is 11.4. The predicted octanol–water partition coefficient (Wildman–Crippen LogP) is 3.64. The van der Waals surface area contributed by atoms with Gasteiger partial charge in [-0.1, -0.05) is 35.1 Å². The van der Waals surface area contributed by atoms with E-state index in [1.54, 1.807) is 36.4 Å². The van der Waals surface area contributed by atoms with Gasteiger partial charge in [0.15, 0.2) is 5.78 Å². The van der Waals surface area contributed by atoms with Crippen LogP contribution in [0.1, 0.15) is 48.9 Å². The first-order chi connectivity index (χ1) is 16.4. The Kier molecular flexibility index (Phi) is 6.99. The molecule has 1 aliphatic rings. The average molecular weight is 499 g/mol. The molecule has 1 N–H and O–H groups in total. The summed E-state index contributed by atoms with van der Waals surface area (Å²) in [6.07, 6.45) is 0.221. The SMILES string of the molecule is COc1ccc(Cl)cc1C(=O)CCC(=O)Nc1nnc(CCN2C(=O)c3ccccc3C2=O)s1. The van der Waals surface area contributed by atoms with E-state index in [-0.39, 0.29) is 42.1 Å². The van der Waals surface area contributed by atoms with Crippen LogP contribution < -0.4 is 10.1 Å². The second-order valence-electron chi connectivity index (χ2n) is 7.37. The summed E-state index contributed by atoms with van der Waals surface area (Å²) >= 11 is 7.10. The van der Waals surface area contributed by atoms with Crippen LogP contribution in [0, 0.1) is 0 Å². The largest absolute Gasteiger partial charge is 0.496 e. The Labute approximate surface area is 203 Å². The maximum Gasteiger partial charge on any atom is 0.261 e. The van der Waals surface area contributed by atoms with E-state index in [0.29, 0.717) is 38.9 Å². The smallest absolute Gasteiger partial charge is 0.261 e. The summed E-state index contributed by atoms with van der Waals surface area (Å²) in [5.41, 5.74) is 1.10. The first-order valence-electron chi connectivity index (χ1n) is 10.3. The van der Waals surface area contributed by atoms with Gasteiger partial charge in [-0.25, -0.2) is 0 Å². The van der Waals surface area contributed by atoms with Crippen LogP contribution in [0.15, 0.2) is 42.5 Å². The lowest BCUT2D eigenvalue weighted by Crippen LogP contribution is -2.31. The van der Waals surface area contributed by atoms with Gasteiger partial charge in [0.1, 0.15) is 10.8 Å². The minimum Gasteiger partial charge on any atom is -0.496 e. The molecule has 4 rings (SSSR count). The molecule has 0 radical (unpaired) electrons. The van der Waals surface area contributed by atoms with Gasteiger partial charge in [-0.05, 0) is 30.3 Å².